The first kappa shape index (κ1) is 20.7. The summed E-state index contributed by atoms with van der Waals surface area (Å²) in [5, 5.41) is 8.72. The molecule has 0 saturated carbocycles. The van der Waals surface area contributed by atoms with Crippen LogP contribution < -0.4 is 15.4 Å². The van der Waals surface area contributed by atoms with Gasteiger partial charge in [0.15, 0.2) is 5.96 Å². The third-order valence-electron chi connectivity index (χ3n) is 3.22. The first-order valence-corrected chi connectivity index (χ1v) is 8.55. The van der Waals surface area contributed by atoms with E-state index in [4.69, 9.17) is 4.74 Å². The lowest BCUT2D eigenvalue weighted by Crippen LogP contribution is -2.36. The summed E-state index contributed by atoms with van der Waals surface area (Å²) in [6, 6.07) is 6.03. The Balaban J connectivity index is 0.00000288. The summed E-state index contributed by atoms with van der Waals surface area (Å²) in [7, 11) is 1.77. The molecule has 0 radical (unpaired) electrons. The van der Waals surface area contributed by atoms with Crippen LogP contribution in [-0.4, -0.2) is 24.1 Å². The number of aryl methyl sites for hydroxylation is 1. The van der Waals surface area contributed by atoms with Crippen molar-refractivity contribution in [3.63, 3.8) is 0 Å². The molecule has 0 unspecified atom stereocenters. The quantitative estimate of drug-likeness (QED) is 0.392. The van der Waals surface area contributed by atoms with Gasteiger partial charge in [0, 0.05) is 30.7 Å². The second-order valence-electron chi connectivity index (χ2n) is 5.48. The average Bonchev–Trinajstić information content (AvgIpc) is 2.94. The largest absolute Gasteiger partial charge is 0.475 e. The van der Waals surface area contributed by atoms with E-state index in [1.807, 2.05) is 32.2 Å². The number of hydrogen-bond acceptors (Lipinski definition) is 4. The Hall–Kier alpha value is -1.35. The topological polar surface area (TPSA) is 58.5 Å². The van der Waals surface area contributed by atoms with Crippen molar-refractivity contribution in [1.82, 2.24) is 15.6 Å². The molecule has 0 saturated heterocycles. The normalized spacial score (nSPS) is 11.1. The molecule has 0 amide bonds. The van der Waals surface area contributed by atoms with E-state index >= 15 is 0 Å². The standard InChI is InChI=1S/C17H24N4OS.HI/c1-12(2)22-16-6-5-14(9-19-16)10-20-17(18-4)21-11-15-13(3)7-8-23-15;/h5-9,12H,10-11H2,1-4H3,(H2,18,20,21);1H. The monoisotopic (exact) mass is 460 g/mol. The van der Waals surface area contributed by atoms with E-state index in [0.717, 1.165) is 18.1 Å². The Morgan fingerprint density at radius 3 is 2.54 bits per heavy atom. The van der Waals surface area contributed by atoms with Crippen LogP contribution in [0.5, 0.6) is 5.88 Å². The van der Waals surface area contributed by atoms with Gasteiger partial charge in [-0.3, -0.25) is 4.99 Å². The highest BCUT2D eigenvalue weighted by Gasteiger charge is 2.03. The predicted octanol–water partition coefficient (Wildman–Crippen LogP) is 3.72. The molecule has 0 aromatic carbocycles. The van der Waals surface area contributed by atoms with Crippen LogP contribution in [0.25, 0.3) is 0 Å². The zero-order chi connectivity index (χ0) is 16.7. The summed E-state index contributed by atoms with van der Waals surface area (Å²) in [6.45, 7) is 7.54. The third kappa shape index (κ3) is 6.64. The predicted molar refractivity (Wildman–Crippen MR) is 112 cm³/mol. The maximum atomic E-state index is 5.54. The Kier molecular flexibility index (Phi) is 9.05. The number of nitrogens with zero attached hydrogens (tertiary/aromatic N) is 2. The van der Waals surface area contributed by atoms with Crippen molar-refractivity contribution in [2.75, 3.05) is 7.05 Å². The van der Waals surface area contributed by atoms with E-state index in [9.17, 15) is 0 Å². The highest BCUT2D eigenvalue weighted by atomic mass is 127. The molecule has 2 aromatic heterocycles. The second-order valence-corrected chi connectivity index (χ2v) is 6.48. The molecule has 2 heterocycles. The number of halogens is 1. The minimum atomic E-state index is 0. The molecule has 0 aliphatic rings. The zero-order valence-electron chi connectivity index (χ0n) is 14.5. The Morgan fingerprint density at radius 1 is 1.25 bits per heavy atom. The van der Waals surface area contributed by atoms with Crippen LogP contribution in [0.15, 0.2) is 34.8 Å². The molecule has 0 bridgehead atoms. The van der Waals surface area contributed by atoms with Crippen molar-refractivity contribution in [2.45, 2.75) is 40.0 Å². The van der Waals surface area contributed by atoms with E-state index in [1.54, 1.807) is 18.4 Å². The Bertz CT molecular complexity index is 640. The molecule has 0 atom stereocenters. The molecule has 2 N–H and O–H groups in total. The van der Waals surface area contributed by atoms with Crippen LogP contribution in [0, 0.1) is 6.92 Å². The lowest BCUT2D eigenvalue weighted by Gasteiger charge is -2.12. The van der Waals surface area contributed by atoms with E-state index in [2.05, 4.69) is 39.0 Å². The van der Waals surface area contributed by atoms with Gasteiger partial charge in [-0.1, -0.05) is 6.07 Å². The van der Waals surface area contributed by atoms with E-state index in [0.29, 0.717) is 12.4 Å². The van der Waals surface area contributed by atoms with Crippen LogP contribution in [0.2, 0.25) is 0 Å². The van der Waals surface area contributed by atoms with Gasteiger partial charge in [0.05, 0.1) is 12.6 Å². The van der Waals surface area contributed by atoms with Crippen LogP contribution in [-0.2, 0) is 13.1 Å². The van der Waals surface area contributed by atoms with Gasteiger partial charge >= 0.3 is 0 Å². The minimum Gasteiger partial charge on any atom is -0.475 e. The molecule has 7 heteroatoms. The van der Waals surface area contributed by atoms with Gasteiger partial charge in [0.2, 0.25) is 5.88 Å². The highest BCUT2D eigenvalue weighted by molar-refractivity contribution is 14.0. The molecular weight excluding hydrogens is 435 g/mol. The number of nitrogens with one attached hydrogen (secondary N) is 2. The molecule has 5 nitrogen and oxygen atoms in total. The van der Waals surface area contributed by atoms with Crippen LogP contribution in [0.4, 0.5) is 0 Å². The van der Waals surface area contributed by atoms with Crippen LogP contribution in [0.3, 0.4) is 0 Å². The first-order valence-electron chi connectivity index (χ1n) is 7.67. The average molecular weight is 460 g/mol. The van der Waals surface area contributed by atoms with Gasteiger partial charge in [-0.2, -0.15) is 0 Å². The summed E-state index contributed by atoms with van der Waals surface area (Å²) in [6.07, 6.45) is 1.96. The second kappa shape index (κ2) is 10.5. The molecular formula is C17H25IN4OS. The fraction of sp³-hybridized carbons (Fsp3) is 0.412. The number of guanidine groups is 1. The number of rotatable bonds is 6. The number of pyridine rings is 1. The number of hydrogen-bond donors (Lipinski definition) is 2. The highest BCUT2D eigenvalue weighted by Crippen LogP contribution is 2.14. The number of ether oxygens (including phenoxy) is 1. The summed E-state index contributed by atoms with van der Waals surface area (Å²) < 4.78 is 5.54. The van der Waals surface area contributed by atoms with E-state index in [1.165, 1.54) is 10.4 Å². The number of aromatic nitrogens is 1. The number of thiophene rings is 1. The Morgan fingerprint density at radius 2 is 2.00 bits per heavy atom. The lowest BCUT2D eigenvalue weighted by atomic mass is 10.3. The molecule has 0 aliphatic carbocycles. The smallest absolute Gasteiger partial charge is 0.213 e. The fourth-order valence-electron chi connectivity index (χ4n) is 1.98. The lowest BCUT2D eigenvalue weighted by molar-refractivity contribution is 0.232. The van der Waals surface area contributed by atoms with Crippen LogP contribution >= 0.6 is 35.3 Å². The Labute approximate surface area is 165 Å². The van der Waals surface area contributed by atoms with E-state index < -0.39 is 0 Å². The summed E-state index contributed by atoms with van der Waals surface area (Å²) in [4.78, 5) is 9.87. The minimum absolute atomic E-state index is 0. The molecule has 0 spiro atoms. The zero-order valence-corrected chi connectivity index (χ0v) is 17.6. The van der Waals surface area contributed by atoms with Crippen molar-refractivity contribution in [3.8, 4) is 5.88 Å². The first-order chi connectivity index (χ1) is 11.1. The van der Waals surface area contributed by atoms with Crippen molar-refractivity contribution < 1.29 is 4.74 Å². The molecule has 2 aromatic rings. The molecule has 2 rings (SSSR count). The van der Waals surface area contributed by atoms with Crippen molar-refractivity contribution in [2.24, 2.45) is 4.99 Å². The van der Waals surface area contributed by atoms with Gasteiger partial charge < -0.3 is 15.4 Å². The van der Waals surface area contributed by atoms with Gasteiger partial charge in [0.25, 0.3) is 0 Å². The van der Waals surface area contributed by atoms with Crippen LogP contribution in [0.1, 0.15) is 29.9 Å². The maximum absolute atomic E-state index is 5.54. The van der Waals surface area contributed by atoms with Crippen molar-refractivity contribution in [1.29, 1.82) is 0 Å². The van der Waals surface area contributed by atoms with Gasteiger partial charge in [-0.25, -0.2) is 4.98 Å². The molecule has 132 valence electrons. The molecule has 0 aliphatic heterocycles. The summed E-state index contributed by atoms with van der Waals surface area (Å²) in [5.74, 6) is 1.43. The number of aliphatic imine (C=N–C) groups is 1. The molecule has 0 fully saturated rings. The fourth-order valence-corrected chi connectivity index (χ4v) is 2.83. The molecule has 24 heavy (non-hydrogen) atoms. The SMILES string of the molecule is CN=C(NCc1ccc(OC(C)C)nc1)NCc1sccc1C.I. The van der Waals surface area contributed by atoms with Crippen molar-refractivity contribution >= 4 is 41.3 Å². The maximum Gasteiger partial charge on any atom is 0.213 e. The van der Waals surface area contributed by atoms with Gasteiger partial charge in [-0.05, 0) is 43.3 Å². The summed E-state index contributed by atoms with van der Waals surface area (Å²) >= 11 is 1.75. The third-order valence-corrected chi connectivity index (χ3v) is 4.25. The summed E-state index contributed by atoms with van der Waals surface area (Å²) in [5.41, 5.74) is 2.39. The van der Waals surface area contributed by atoms with E-state index in [-0.39, 0.29) is 30.1 Å². The van der Waals surface area contributed by atoms with Crippen molar-refractivity contribution in [3.05, 3.63) is 45.8 Å². The van der Waals surface area contributed by atoms with Gasteiger partial charge in [0.1, 0.15) is 0 Å². The van der Waals surface area contributed by atoms with Gasteiger partial charge in [-0.15, -0.1) is 35.3 Å².